The zero-order valence-electron chi connectivity index (χ0n) is 11.1. The number of carbonyl (C=O) groups excluding carboxylic acids is 3. The molecule has 114 valence electrons. The van der Waals surface area contributed by atoms with E-state index >= 15 is 0 Å². The summed E-state index contributed by atoms with van der Waals surface area (Å²) in [5, 5.41) is 35.1. The van der Waals surface area contributed by atoms with E-state index in [-0.39, 0.29) is 32.3 Å². The SMILES string of the molecule is C=CC(=O)[O-].C=CC(=O)[O-].C=CC(=O)[O-].[CH2-]CC(=O)O.[Hf+4]. The van der Waals surface area contributed by atoms with Crippen LogP contribution in [0.5, 0.6) is 0 Å². The zero-order valence-corrected chi connectivity index (χ0v) is 14.7. The number of hydrogen-bond acceptors (Lipinski definition) is 7. The van der Waals surface area contributed by atoms with Crippen molar-refractivity contribution in [1.29, 1.82) is 0 Å². The van der Waals surface area contributed by atoms with Crippen molar-refractivity contribution in [3.8, 4) is 0 Å². The fourth-order valence-corrected chi connectivity index (χ4v) is 0. The fourth-order valence-electron chi connectivity index (χ4n) is 0. The third-order valence-electron chi connectivity index (χ3n) is 0.714. The van der Waals surface area contributed by atoms with Gasteiger partial charge in [0.2, 0.25) is 0 Å². The van der Waals surface area contributed by atoms with Gasteiger partial charge in [0, 0.05) is 0 Å². The van der Waals surface area contributed by atoms with Crippen molar-refractivity contribution in [3.63, 3.8) is 0 Å². The maximum absolute atomic E-state index is 9.31. The summed E-state index contributed by atoms with van der Waals surface area (Å²) in [6, 6.07) is 0. The molecule has 0 fully saturated rings. The van der Waals surface area contributed by atoms with E-state index in [1.165, 1.54) is 0 Å². The summed E-state index contributed by atoms with van der Waals surface area (Å²) in [7, 11) is 0. The molecular weight excluding hydrogens is 451 g/mol. The number of rotatable bonds is 4. The van der Waals surface area contributed by atoms with Gasteiger partial charge in [0.1, 0.15) is 0 Å². The fraction of sp³-hybridized carbons (Fsp3) is 0.0833. The van der Waals surface area contributed by atoms with E-state index in [1.54, 1.807) is 0 Å². The van der Waals surface area contributed by atoms with Crippen LogP contribution in [0.3, 0.4) is 0 Å². The Kier molecular flexibility index (Phi) is 39.6. The van der Waals surface area contributed by atoms with E-state index in [1.807, 2.05) is 0 Å². The van der Waals surface area contributed by atoms with Crippen molar-refractivity contribution in [1.82, 2.24) is 0 Å². The minimum atomic E-state index is -1.23. The summed E-state index contributed by atoms with van der Waals surface area (Å²) in [5.41, 5.74) is 0. The van der Waals surface area contributed by atoms with Gasteiger partial charge in [0.15, 0.2) is 0 Å². The Labute approximate surface area is 140 Å². The molecule has 0 saturated heterocycles. The van der Waals surface area contributed by atoms with Crippen molar-refractivity contribution in [2.24, 2.45) is 0 Å². The zero-order chi connectivity index (χ0) is 17.1. The average Bonchev–Trinajstić information content (AvgIpc) is 2.40. The number of carboxylic acids is 4. The van der Waals surface area contributed by atoms with Crippen molar-refractivity contribution in [2.75, 3.05) is 0 Å². The number of aliphatic carboxylic acids is 4. The van der Waals surface area contributed by atoms with Gasteiger partial charge in [-0.15, -0.1) is 0 Å². The van der Waals surface area contributed by atoms with Crippen LogP contribution in [0.2, 0.25) is 0 Å². The Morgan fingerprint density at radius 2 is 0.952 bits per heavy atom. The number of carboxylic acid groups (broad SMARTS) is 4. The molecule has 0 aromatic rings. The van der Waals surface area contributed by atoms with Crippen LogP contribution in [0.1, 0.15) is 6.42 Å². The molecule has 0 spiro atoms. The Balaban J connectivity index is -0.0000000533. The summed E-state index contributed by atoms with van der Waals surface area (Å²) in [5.74, 6) is -4.55. The van der Waals surface area contributed by atoms with Crippen molar-refractivity contribution >= 4 is 23.9 Å². The van der Waals surface area contributed by atoms with Gasteiger partial charge in [-0.25, -0.2) is 0 Å². The van der Waals surface area contributed by atoms with Gasteiger partial charge in [-0.2, -0.15) is 0 Å². The van der Waals surface area contributed by atoms with Crippen molar-refractivity contribution < 1.29 is 65.4 Å². The maximum Gasteiger partial charge on any atom is 4.00 e. The Hall–Kier alpha value is -2.03. The van der Waals surface area contributed by atoms with Crippen LogP contribution in [0, 0.1) is 6.92 Å². The van der Waals surface area contributed by atoms with E-state index in [9.17, 15) is 4.79 Å². The molecular formula is C12H14HfO8. The minimum Gasteiger partial charge on any atom is -0.545 e. The largest absolute Gasteiger partial charge is 4.00 e. The molecule has 21 heavy (non-hydrogen) atoms. The topological polar surface area (TPSA) is 158 Å². The number of hydrogen-bond donors (Lipinski definition) is 1. The Morgan fingerprint density at radius 3 is 0.952 bits per heavy atom. The average molecular weight is 465 g/mol. The van der Waals surface area contributed by atoms with E-state index in [4.69, 9.17) is 34.8 Å². The first kappa shape index (κ1) is 31.4. The van der Waals surface area contributed by atoms with E-state index < -0.39 is 23.9 Å². The van der Waals surface area contributed by atoms with E-state index in [0.29, 0.717) is 0 Å². The second-order valence-electron chi connectivity index (χ2n) is 2.21. The normalized spacial score (nSPS) is 6.33. The molecule has 8 nitrogen and oxygen atoms in total. The predicted molar refractivity (Wildman–Crippen MR) is 63.2 cm³/mol. The molecule has 0 unspecified atom stereocenters. The molecule has 0 heterocycles. The molecule has 0 bridgehead atoms. The smallest absolute Gasteiger partial charge is 0.545 e. The molecule has 0 amide bonds. The van der Waals surface area contributed by atoms with Crippen molar-refractivity contribution in [2.45, 2.75) is 6.42 Å². The standard InChI is InChI=1S/C3H5O2.3C3H4O2.Hf/c4*1-2-3(4)5;/h1-2H2,(H,4,5);3*2H,1H2,(H,4,5);/q-1;;;;+4/p-3. The molecule has 0 saturated carbocycles. The minimum absolute atomic E-state index is 0. The third-order valence-corrected chi connectivity index (χ3v) is 0.714. The first-order valence-corrected chi connectivity index (χ1v) is 4.60. The van der Waals surface area contributed by atoms with Gasteiger partial charge in [0.25, 0.3) is 5.97 Å². The summed E-state index contributed by atoms with van der Waals surface area (Å²) < 4.78 is 0. The molecule has 0 atom stereocenters. The molecule has 0 radical (unpaired) electrons. The second-order valence-corrected chi connectivity index (χ2v) is 2.21. The first-order valence-electron chi connectivity index (χ1n) is 4.60. The van der Waals surface area contributed by atoms with Gasteiger partial charge >= 0.3 is 25.8 Å². The van der Waals surface area contributed by atoms with Gasteiger partial charge in [-0.1, -0.05) is 26.2 Å². The van der Waals surface area contributed by atoms with E-state index in [0.717, 1.165) is 18.2 Å². The quantitative estimate of drug-likeness (QED) is 0.263. The Morgan fingerprint density at radius 1 is 0.857 bits per heavy atom. The predicted octanol–water partition coefficient (Wildman–Crippen LogP) is -2.94. The van der Waals surface area contributed by atoms with Gasteiger partial charge in [-0.3, -0.25) is 4.79 Å². The monoisotopic (exact) mass is 466 g/mol. The van der Waals surface area contributed by atoms with Crippen LogP contribution >= 0.6 is 0 Å². The van der Waals surface area contributed by atoms with E-state index in [2.05, 4.69) is 26.7 Å². The van der Waals surface area contributed by atoms with Gasteiger partial charge in [-0.05, 0) is 18.2 Å². The van der Waals surface area contributed by atoms with Crippen LogP contribution in [0.25, 0.3) is 0 Å². The van der Waals surface area contributed by atoms with Gasteiger partial charge in [0.05, 0.1) is 17.9 Å². The maximum atomic E-state index is 9.31. The van der Waals surface area contributed by atoms with Gasteiger partial charge < -0.3 is 41.7 Å². The third kappa shape index (κ3) is 129. The molecule has 0 rings (SSSR count). The van der Waals surface area contributed by atoms with Crippen LogP contribution < -0.4 is 15.3 Å². The number of carbonyl (C=O) groups is 4. The summed E-state index contributed by atoms with van der Waals surface area (Å²) in [4.78, 5) is 36.7. The summed E-state index contributed by atoms with van der Waals surface area (Å²) >= 11 is 0. The molecule has 0 aliphatic heterocycles. The van der Waals surface area contributed by atoms with Crippen LogP contribution in [0.4, 0.5) is 0 Å². The second kappa shape index (κ2) is 26.5. The molecule has 1 N–H and O–H groups in total. The van der Waals surface area contributed by atoms with Crippen LogP contribution in [-0.4, -0.2) is 29.0 Å². The first-order chi connectivity index (χ1) is 9.08. The molecule has 0 aliphatic carbocycles. The van der Waals surface area contributed by atoms with Crippen LogP contribution in [-0.2, 0) is 45.0 Å². The summed E-state index contributed by atoms with van der Waals surface area (Å²) in [6.45, 7) is 11.8. The van der Waals surface area contributed by atoms with Crippen LogP contribution in [0.15, 0.2) is 38.0 Å². The van der Waals surface area contributed by atoms with Crippen molar-refractivity contribution in [3.05, 3.63) is 44.9 Å². The molecule has 0 aromatic heterocycles. The Bertz CT molecular complexity index is 306. The summed E-state index contributed by atoms with van der Waals surface area (Å²) in [6.07, 6.45) is 2.14. The molecule has 0 aromatic carbocycles. The molecule has 9 heteroatoms. The molecule has 0 aliphatic rings.